The highest BCUT2D eigenvalue weighted by molar-refractivity contribution is 6.02. The second-order valence-corrected chi connectivity index (χ2v) is 6.13. The number of aromatic amines is 1. The van der Waals surface area contributed by atoms with Crippen molar-refractivity contribution in [3.05, 3.63) is 56.2 Å². The SMILES string of the molecule is CCCCC(=O)N/N=C(\CC)c1c(O)n(-c2ccccc2C)c(=O)[nH]c1=O. The fourth-order valence-electron chi connectivity index (χ4n) is 2.66. The number of aromatic hydroxyl groups is 1. The lowest BCUT2D eigenvalue weighted by atomic mass is 10.1. The maximum Gasteiger partial charge on any atom is 0.335 e. The molecule has 0 fully saturated rings. The van der Waals surface area contributed by atoms with Crippen LogP contribution in [0.25, 0.3) is 5.69 Å². The van der Waals surface area contributed by atoms with E-state index in [1.54, 1.807) is 38.1 Å². The van der Waals surface area contributed by atoms with Crippen molar-refractivity contribution < 1.29 is 9.90 Å². The van der Waals surface area contributed by atoms with E-state index in [9.17, 15) is 19.5 Å². The van der Waals surface area contributed by atoms with Crippen LogP contribution in [0.3, 0.4) is 0 Å². The van der Waals surface area contributed by atoms with Crippen LogP contribution in [0.4, 0.5) is 0 Å². The molecule has 0 saturated heterocycles. The molecule has 0 bridgehead atoms. The number of H-pyrrole nitrogens is 1. The number of hydrogen-bond acceptors (Lipinski definition) is 5. The van der Waals surface area contributed by atoms with Gasteiger partial charge in [0.05, 0.1) is 11.4 Å². The Bertz CT molecular complexity index is 972. The van der Waals surface area contributed by atoms with Crippen LogP contribution in [0.15, 0.2) is 39.0 Å². The van der Waals surface area contributed by atoms with Gasteiger partial charge in [-0.1, -0.05) is 38.5 Å². The van der Waals surface area contributed by atoms with Crippen molar-refractivity contribution >= 4 is 11.6 Å². The monoisotopic (exact) mass is 372 g/mol. The third-order valence-electron chi connectivity index (χ3n) is 4.14. The second-order valence-electron chi connectivity index (χ2n) is 6.13. The van der Waals surface area contributed by atoms with Crippen LogP contribution >= 0.6 is 0 Å². The molecular formula is C19H24N4O4. The molecule has 2 rings (SSSR count). The molecule has 1 amide bonds. The molecule has 1 heterocycles. The van der Waals surface area contributed by atoms with E-state index in [-0.39, 0.29) is 23.6 Å². The van der Waals surface area contributed by atoms with Gasteiger partial charge in [0.15, 0.2) is 0 Å². The van der Waals surface area contributed by atoms with Crippen LogP contribution in [0.5, 0.6) is 5.88 Å². The lowest BCUT2D eigenvalue weighted by molar-refractivity contribution is -0.121. The van der Waals surface area contributed by atoms with Gasteiger partial charge in [-0.05, 0) is 31.4 Å². The molecule has 8 nitrogen and oxygen atoms in total. The fourth-order valence-corrected chi connectivity index (χ4v) is 2.66. The lowest BCUT2D eigenvalue weighted by Gasteiger charge is -2.14. The summed E-state index contributed by atoms with van der Waals surface area (Å²) in [6, 6.07) is 6.97. The topological polar surface area (TPSA) is 117 Å². The number of benzene rings is 1. The Morgan fingerprint density at radius 2 is 1.96 bits per heavy atom. The molecule has 144 valence electrons. The average molecular weight is 372 g/mol. The van der Waals surface area contributed by atoms with Gasteiger partial charge in [-0.2, -0.15) is 5.10 Å². The zero-order valence-electron chi connectivity index (χ0n) is 15.7. The molecule has 0 spiro atoms. The van der Waals surface area contributed by atoms with Crippen LogP contribution in [-0.4, -0.2) is 26.3 Å². The fraction of sp³-hybridized carbons (Fsp3) is 0.368. The summed E-state index contributed by atoms with van der Waals surface area (Å²) in [5, 5.41) is 14.7. The molecule has 0 radical (unpaired) electrons. The third kappa shape index (κ3) is 4.52. The predicted octanol–water partition coefficient (Wildman–Crippen LogP) is 1.96. The molecule has 0 unspecified atom stereocenters. The average Bonchev–Trinajstić information content (AvgIpc) is 2.63. The number of para-hydroxylation sites is 1. The van der Waals surface area contributed by atoms with E-state index in [4.69, 9.17) is 0 Å². The highest BCUT2D eigenvalue weighted by Crippen LogP contribution is 2.20. The van der Waals surface area contributed by atoms with Crippen molar-refractivity contribution in [2.75, 3.05) is 0 Å². The van der Waals surface area contributed by atoms with Crippen molar-refractivity contribution in [3.63, 3.8) is 0 Å². The molecular weight excluding hydrogens is 348 g/mol. The first-order valence-electron chi connectivity index (χ1n) is 8.90. The summed E-state index contributed by atoms with van der Waals surface area (Å²) < 4.78 is 1.02. The van der Waals surface area contributed by atoms with Gasteiger partial charge in [0.25, 0.3) is 5.56 Å². The lowest BCUT2D eigenvalue weighted by Crippen LogP contribution is -2.34. The minimum atomic E-state index is -0.759. The Labute approximate surface area is 156 Å². The first-order valence-corrected chi connectivity index (χ1v) is 8.90. The summed E-state index contributed by atoms with van der Waals surface area (Å²) in [6.45, 7) is 5.49. The van der Waals surface area contributed by atoms with Crippen LogP contribution in [0.1, 0.15) is 50.7 Å². The Morgan fingerprint density at radius 1 is 1.26 bits per heavy atom. The number of aromatic nitrogens is 2. The van der Waals surface area contributed by atoms with Gasteiger partial charge in [-0.3, -0.25) is 14.6 Å². The minimum absolute atomic E-state index is 0.142. The second kappa shape index (κ2) is 8.98. The van der Waals surface area contributed by atoms with Gasteiger partial charge >= 0.3 is 5.69 Å². The maximum absolute atomic E-state index is 12.3. The minimum Gasteiger partial charge on any atom is -0.493 e. The van der Waals surface area contributed by atoms with Crippen LogP contribution in [-0.2, 0) is 4.79 Å². The van der Waals surface area contributed by atoms with Crippen LogP contribution in [0.2, 0.25) is 0 Å². The summed E-state index contributed by atoms with van der Waals surface area (Å²) in [7, 11) is 0. The van der Waals surface area contributed by atoms with E-state index in [0.29, 0.717) is 12.1 Å². The number of carbonyl (C=O) groups excluding carboxylic acids is 1. The molecule has 1 aromatic carbocycles. The highest BCUT2D eigenvalue weighted by atomic mass is 16.3. The quantitative estimate of drug-likeness (QED) is 0.509. The number of hydrogen-bond donors (Lipinski definition) is 3. The molecule has 0 atom stereocenters. The molecule has 0 aliphatic carbocycles. The van der Waals surface area contributed by atoms with Crippen molar-refractivity contribution in [2.45, 2.75) is 46.5 Å². The number of nitrogens with one attached hydrogen (secondary N) is 2. The Kier molecular flexibility index (Phi) is 6.70. The Hall–Kier alpha value is -3.16. The molecule has 0 aliphatic rings. The summed E-state index contributed by atoms with van der Waals surface area (Å²) in [4.78, 5) is 38.6. The van der Waals surface area contributed by atoms with Crippen LogP contribution in [0, 0.1) is 6.92 Å². The summed E-state index contributed by atoms with van der Waals surface area (Å²) >= 11 is 0. The normalized spacial score (nSPS) is 11.4. The Morgan fingerprint density at radius 3 is 2.59 bits per heavy atom. The number of rotatable bonds is 7. The van der Waals surface area contributed by atoms with Gasteiger partial charge in [0, 0.05) is 6.42 Å². The molecule has 3 N–H and O–H groups in total. The van der Waals surface area contributed by atoms with Gasteiger partial charge < -0.3 is 5.11 Å². The molecule has 0 saturated carbocycles. The van der Waals surface area contributed by atoms with E-state index < -0.39 is 17.1 Å². The summed E-state index contributed by atoms with van der Waals surface area (Å²) in [6.07, 6.45) is 2.20. The van der Waals surface area contributed by atoms with Gasteiger partial charge in [0.2, 0.25) is 11.8 Å². The summed E-state index contributed by atoms with van der Waals surface area (Å²) in [5.41, 5.74) is 2.12. The smallest absolute Gasteiger partial charge is 0.335 e. The van der Waals surface area contributed by atoms with Gasteiger partial charge in [0.1, 0.15) is 5.56 Å². The van der Waals surface area contributed by atoms with E-state index in [1.807, 2.05) is 6.92 Å². The standard InChI is InChI=1S/C19H24N4O4/c1-4-6-11-15(24)22-21-13(5-2)16-17(25)20-19(27)23(18(16)26)14-10-8-7-9-12(14)3/h7-10,26H,4-6,11H2,1-3H3,(H,22,24)(H,20,25,27)/b21-13+. The van der Waals surface area contributed by atoms with E-state index in [2.05, 4.69) is 15.5 Å². The Balaban J connectivity index is 2.55. The zero-order valence-corrected chi connectivity index (χ0v) is 15.7. The molecule has 8 heteroatoms. The van der Waals surface area contributed by atoms with Crippen LogP contribution < -0.4 is 16.7 Å². The maximum atomic E-state index is 12.3. The van der Waals surface area contributed by atoms with Crippen molar-refractivity contribution in [1.29, 1.82) is 0 Å². The van der Waals surface area contributed by atoms with Crippen molar-refractivity contribution in [2.24, 2.45) is 5.10 Å². The highest BCUT2D eigenvalue weighted by Gasteiger charge is 2.20. The van der Waals surface area contributed by atoms with E-state index in [0.717, 1.165) is 23.0 Å². The van der Waals surface area contributed by atoms with Gasteiger partial charge in [-0.15, -0.1) is 0 Å². The van der Waals surface area contributed by atoms with Crippen molar-refractivity contribution in [1.82, 2.24) is 15.0 Å². The number of aryl methyl sites for hydroxylation is 1. The number of carbonyl (C=O) groups is 1. The largest absolute Gasteiger partial charge is 0.493 e. The van der Waals surface area contributed by atoms with Crippen molar-refractivity contribution in [3.8, 4) is 11.6 Å². The third-order valence-corrected chi connectivity index (χ3v) is 4.14. The number of unbranched alkanes of at least 4 members (excludes halogenated alkanes) is 1. The first kappa shape index (κ1) is 20.2. The number of nitrogens with zero attached hydrogens (tertiary/aromatic N) is 2. The molecule has 0 aliphatic heterocycles. The molecule has 2 aromatic rings. The molecule has 27 heavy (non-hydrogen) atoms. The first-order chi connectivity index (χ1) is 12.9. The predicted molar refractivity (Wildman–Crippen MR) is 104 cm³/mol. The van der Waals surface area contributed by atoms with E-state index >= 15 is 0 Å². The number of hydrazone groups is 1. The zero-order chi connectivity index (χ0) is 20.0. The molecule has 1 aromatic heterocycles. The number of amides is 1. The summed E-state index contributed by atoms with van der Waals surface area (Å²) in [5.74, 6) is -0.785. The van der Waals surface area contributed by atoms with E-state index in [1.165, 1.54) is 0 Å². The van der Waals surface area contributed by atoms with Gasteiger partial charge in [-0.25, -0.2) is 14.8 Å².